The summed E-state index contributed by atoms with van der Waals surface area (Å²) >= 11 is 11.4. The van der Waals surface area contributed by atoms with Gasteiger partial charge in [0.15, 0.2) is 21.6 Å². The molecule has 0 radical (unpaired) electrons. The minimum Gasteiger partial charge on any atom is -0.478 e. The number of carboxylic acid groups (broad SMARTS) is 1. The van der Waals surface area contributed by atoms with Gasteiger partial charge in [-0.1, -0.05) is 23.2 Å². The summed E-state index contributed by atoms with van der Waals surface area (Å²) in [6.45, 7) is 3.57. The molecular formula is C17H14Cl2N6O4. The molecule has 4 rings (SSSR count). The molecule has 29 heavy (non-hydrogen) atoms. The van der Waals surface area contributed by atoms with Crippen LogP contribution in [0.1, 0.15) is 32.1 Å². The molecule has 1 N–H and O–H groups in total. The molecule has 4 aromatic heterocycles. The fourth-order valence-electron chi connectivity index (χ4n) is 2.54. The van der Waals surface area contributed by atoms with Crippen molar-refractivity contribution in [2.45, 2.75) is 13.8 Å². The second-order valence-corrected chi connectivity index (χ2v) is 6.63. The number of esters is 1. The topological polar surface area (TPSA) is 124 Å². The van der Waals surface area contributed by atoms with Gasteiger partial charge in [-0.15, -0.1) is 0 Å². The van der Waals surface area contributed by atoms with Crippen molar-refractivity contribution in [3.63, 3.8) is 0 Å². The summed E-state index contributed by atoms with van der Waals surface area (Å²) in [4.78, 5) is 30.5. The summed E-state index contributed by atoms with van der Waals surface area (Å²) in [6, 6.07) is 2.72. The number of hydrogen-bond donors (Lipinski definition) is 1. The van der Waals surface area contributed by atoms with Crippen LogP contribution in [0.2, 0.25) is 10.3 Å². The number of fused-ring (bicyclic) bond motifs is 2. The third kappa shape index (κ3) is 4.28. The predicted octanol–water partition coefficient (Wildman–Crippen LogP) is 2.87. The number of aromatic nitrogens is 6. The van der Waals surface area contributed by atoms with Gasteiger partial charge in [0.25, 0.3) is 0 Å². The van der Waals surface area contributed by atoms with Crippen LogP contribution in [-0.2, 0) is 4.74 Å². The summed E-state index contributed by atoms with van der Waals surface area (Å²) in [6.07, 6.45) is 3.31. The molecule has 0 spiro atoms. The van der Waals surface area contributed by atoms with Crippen LogP contribution in [0, 0.1) is 13.8 Å². The van der Waals surface area contributed by atoms with Crippen LogP contribution < -0.4 is 0 Å². The summed E-state index contributed by atoms with van der Waals surface area (Å²) < 4.78 is 7.45. The first-order valence-electron chi connectivity index (χ1n) is 8.06. The molecule has 4 heterocycles. The Kier molecular flexibility index (Phi) is 5.66. The Bertz CT molecular complexity index is 1250. The molecule has 10 nitrogen and oxygen atoms in total. The van der Waals surface area contributed by atoms with E-state index in [1.807, 2.05) is 6.92 Å². The number of imidazole rings is 2. The number of ether oxygens (including phenoxy) is 1. The number of carbonyl (C=O) groups excluding carboxylic acids is 1. The van der Waals surface area contributed by atoms with Crippen LogP contribution in [0.5, 0.6) is 0 Å². The molecule has 0 atom stereocenters. The van der Waals surface area contributed by atoms with E-state index in [2.05, 4.69) is 24.9 Å². The number of carbonyl (C=O) groups is 2. The smallest absolute Gasteiger partial charge is 0.341 e. The first-order valence-corrected chi connectivity index (χ1v) is 8.82. The standard InChI is InChI=1S/C9H8ClN3O2.C8H6ClN3O2/c1-5-4-13-8(11-5)6(9(14)15-2)3-7(10)12-13;1-4-3-12-7(10-4)5(8(13)14)2-6(9)11-12/h3-4H,1-2H3;2-3H,1H3,(H,13,14). The average molecular weight is 437 g/mol. The lowest BCUT2D eigenvalue weighted by atomic mass is 10.3. The predicted molar refractivity (Wildman–Crippen MR) is 104 cm³/mol. The maximum absolute atomic E-state index is 11.4. The molecule has 0 bridgehead atoms. The summed E-state index contributed by atoms with van der Waals surface area (Å²) in [7, 11) is 1.31. The highest BCUT2D eigenvalue weighted by atomic mass is 35.5. The number of aryl methyl sites for hydroxylation is 2. The van der Waals surface area contributed by atoms with Gasteiger partial charge in [0, 0.05) is 0 Å². The van der Waals surface area contributed by atoms with Crippen LogP contribution in [0.3, 0.4) is 0 Å². The molecule has 0 aliphatic rings. The van der Waals surface area contributed by atoms with Crippen molar-refractivity contribution in [3.05, 3.63) is 57.3 Å². The molecule has 12 heteroatoms. The summed E-state index contributed by atoms with van der Waals surface area (Å²) in [5.41, 5.74) is 2.57. The lowest BCUT2D eigenvalue weighted by Crippen LogP contribution is -2.06. The van der Waals surface area contributed by atoms with Crippen molar-refractivity contribution in [2.24, 2.45) is 0 Å². The van der Waals surface area contributed by atoms with Gasteiger partial charge < -0.3 is 9.84 Å². The largest absolute Gasteiger partial charge is 0.478 e. The molecule has 0 aliphatic heterocycles. The van der Waals surface area contributed by atoms with Crippen LogP contribution >= 0.6 is 23.2 Å². The Morgan fingerprint density at radius 1 is 0.931 bits per heavy atom. The third-order valence-corrected chi connectivity index (χ3v) is 4.04. The average Bonchev–Trinajstić information content (AvgIpc) is 3.20. The number of hydrogen-bond acceptors (Lipinski definition) is 7. The molecule has 0 fully saturated rings. The molecule has 0 aromatic carbocycles. The number of methoxy groups -OCH3 is 1. The van der Waals surface area contributed by atoms with Crippen LogP contribution in [0.15, 0.2) is 24.5 Å². The van der Waals surface area contributed by atoms with Crippen LogP contribution in [0.4, 0.5) is 0 Å². The van der Waals surface area contributed by atoms with Gasteiger partial charge in [0.1, 0.15) is 11.1 Å². The van der Waals surface area contributed by atoms with E-state index in [-0.39, 0.29) is 15.9 Å². The molecule has 0 saturated heterocycles. The van der Waals surface area contributed by atoms with Crippen molar-refractivity contribution in [3.8, 4) is 0 Å². The summed E-state index contributed by atoms with van der Waals surface area (Å²) in [5, 5.41) is 17.1. The Hall–Kier alpha value is -3.24. The van der Waals surface area contributed by atoms with Gasteiger partial charge in [-0.05, 0) is 26.0 Å². The minimum atomic E-state index is -1.06. The fraction of sp³-hybridized carbons (Fsp3) is 0.176. The van der Waals surface area contributed by atoms with E-state index in [9.17, 15) is 9.59 Å². The first kappa shape index (κ1) is 20.5. The lowest BCUT2D eigenvalue weighted by Gasteiger charge is -2.01. The van der Waals surface area contributed by atoms with E-state index in [1.54, 1.807) is 19.3 Å². The quantitative estimate of drug-likeness (QED) is 0.475. The van der Waals surface area contributed by atoms with Crippen molar-refractivity contribution < 1.29 is 19.4 Å². The van der Waals surface area contributed by atoms with Gasteiger partial charge in [-0.25, -0.2) is 28.6 Å². The second kappa shape index (κ2) is 8.02. The van der Waals surface area contributed by atoms with E-state index in [4.69, 9.17) is 28.3 Å². The highest BCUT2D eigenvalue weighted by molar-refractivity contribution is 6.30. The summed E-state index contributed by atoms with van der Waals surface area (Å²) in [5.74, 6) is -1.54. The van der Waals surface area contributed by atoms with Gasteiger partial charge in [0.05, 0.1) is 30.9 Å². The molecule has 4 aromatic rings. The lowest BCUT2D eigenvalue weighted by molar-refractivity contribution is 0.0601. The van der Waals surface area contributed by atoms with E-state index in [0.29, 0.717) is 22.6 Å². The Balaban J connectivity index is 0.000000166. The second-order valence-electron chi connectivity index (χ2n) is 5.86. The maximum atomic E-state index is 11.4. The molecule has 0 saturated carbocycles. The van der Waals surface area contributed by atoms with Gasteiger partial charge in [0.2, 0.25) is 0 Å². The first-order chi connectivity index (χ1) is 13.7. The SMILES string of the molecule is COC(=O)c1cc(Cl)nn2cc(C)nc12.Cc1cn2nc(Cl)cc(C(=O)O)c2n1. The van der Waals surface area contributed by atoms with E-state index in [0.717, 1.165) is 5.69 Å². The van der Waals surface area contributed by atoms with Crippen molar-refractivity contribution >= 4 is 46.4 Å². The highest BCUT2D eigenvalue weighted by Gasteiger charge is 2.15. The zero-order valence-electron chi connectivity index (χ0n) is 15.4. The van der Waals surface area contributed by atoms with Crippen molar-refractivity contribution in [1.82, 2.24) is 29.2 Å². The fourth-order valence-corrected chi connectivity index (χ4v) is 2.92. The molecule has 0 unspecified atom stereocenters. The molecule has 0 amide bonds. The van der Waals surface area contributed by atoms with E-state index in [1.165, 1.54) is 28.3 Å². The van der Waals surface area contributed by atoms with Gasteiger partial charge in [-0.2, -0.15) is 10.2 Å². The third-order valence-electron chi connectivity index (χ3n) is 3.67. The zero-order valence-corrected chi connectivity index (χ0v) is 16.9. The van der Waals surface area contributed by atoms with E-state index < -0.39 is 11.9 Å². The minimum absolute atomic E-state index is 0.0538. The number of nitrogens with zero attached hydrogens (tertiary/aromatic N) is 6. The van der Waals surface area contributed by atoms with Gasteiger partial charge >= 0.3 is 11.9 Å². The van der Waals surface area contributed by atoms with Crippen LogP contribution in [0.25, 0.3) is 11.3 Å². The Morgan fingerprint density at radius 3 is 1.83 bits per heavy atom. The van der Waals surface area contributed by atoms with E-state index >= 15 is 0 Å². The zero-order chi connectivity index (χ0) is 21.3. The highest BCUT2D eigenvalue weighted by Crippen LogP contribution is 2.16. The van der Waals surface area contributed by atoms with Crippen molar-refractivity contribution in [1.29, 1.82) is 0 Å². The Morgan fingerprint density at radius 2 is 1.38 bits per heavy atom. The number of carboxylic acids is 1. The number of halogens is 2. The van der Waals surface area contributed by atoms with Crippen LogP contribution in [-0.4, -0.2) is 53.4 Å². The van der Waals surface area contributed by atoms with Crippen molar-refractivity contribution in [2.75, 3.05) is 7.11 Å². The molecular weight excluding hydrogens is 423 g/mol. The Labute approximate surface area is 173 Å². The van der Waals surface area contributed by atoms with Gasteiger partial charge in [-0.3, -0.25) is 0 Å². The molecule has 150 valence electrons. The molecule has 0 aliphatic carbocycles. The normalized spacial score (nSPS) is 10.7. The number of rotatable bonds is 2. The maximum Gasteiger partial charge on any atom is 0.341 e. The monoisotopic (exact) mass is 436 g/mol. The number of aromatic carboxylic acids is 1.